The quantitative estimate of drug-likeness (QED) is 0.500. The van der Waals surface area contributed by atoms with Crippen LogP contribution < -0.4 is 0 Å². The zero-order chi connectivity index (χ0) is 9.50. The van der Waals surface area contributed by atoms with Crippen molar-refractivity contribution < 1.29 is 26.5 Å². The summed E-state index contributed by atoms with van der Waals surface area (Å²) in [7, 11) is 0. The lowest BCUT2D eigenvalue weighted by atomic mass is 10.7. The molecule has 0 atom stereocenters. The van der Waals surface area contributed by atoms with Crippen molar-refractivity contribution in [2.24, 2.45) is 0 Å². The van der Waals surface area contributed by atoms with Gasteiger partial charge in [-0.25, -0.2) is 0 Å². The van der Waals surface area contributed by atoms with E-state index in [1.165, 1.54) is 0 Å². The molecule has 0 aromatic heterocycles. The zero-order valence-corrected chi connectivity index (χ0v) is 6.91. The molecule has 0 bridgehead atoms. The molecule has 68 valence electrons. The molecule has 0 aliphatic heterocycles. The maximum atomic E-state index is 11.8. The van der Waals surface area contributed by atoms with Gasteiger partial charge in [0.15, 0.2) is 0 Å². The summed E-state index contributed by atoms with van der Waals surface area (Å²) in [4.78, 5) is 0. The van der Waals surface area contributed by atoms with Gasteiger partial charge in [0.2, 0.25) is 0 Å². The summed E-state index contributed by atoms with van der Waals surface area (Å²) in [6, 6.07) is 0. The van der Waals surface area contributed by atoms with Crippen LogP contribution >= 0.6 is 28.3 Å². The topological polar surface area (TPSA) is 17.1 Å². The summed E-state index contributed by atoms with van der Waals surface area (Å²) >= 11 is 8.32. The Labute approximate surface area is 67.4 Å². The van der Waals surface area contributed by atoms with Crippen LogP contribution in [0, 0.1) is 0 Å². The van der Waals surface area contributed by atoms with Gasteiger partial charge in [0.25, 0.3) is 0 Å². The SMILES string of the molecule is O=P(Cl)(Cl)C(F)(F)C(F)(F)F. The lowest BCUT2D eigenvalue weighted by molar-refractivity contribution is -0.241. The number of hydrogen-bond donors (Lipinski definition) is 0. The van der Waals surface area contributed by atoms with Crippen molar-refractivity contribution in [3.63, 3.8) is 0 Å². The Hall–Kier alpha value is 0.460. The molecule has 0 heterocycles. The van der Waals surface area contributed by atoms with E-state index in [0.717, 1.165) is 0 Å². The zero-order valence-electron chi connectivity index (χ0n) is 4.50. The second kappa shape index (κ2) is 2.75. The van der Waals surface area contributed by atoms with E-state index in [2.05, 4.69) is 22.5 Å². The van der Waals surface area contributed by atoms with Gasteiger partial charge in [0.05, 0.1) is 0 Å². The lowest BCUT2D eigenvalue weighted by Crippen LogP contribution is -2.33. The Morgan fingerprint density at radius 1 is 1.00 bits per heavy atom. The molecule has 0 amide bonds. The van der Waals surface area contributed by atoms with E-state index < -0.39 is 17.7 Å². The van der Waals surface area contributed by atoms with Crippen molar-refractivity contribution in [2.45, 2.75) is 11.8 Å². The Bertz CT molecular complexity index is 193. The van der Waals surface area contributed by atoms with Crippen molar-refractivity contribution in [3.05, 3.63) is 0 Å². The van der Waals surface area contributed by atoms with Crippen LogP contribution in [-0.2, 0) is 4.57 Å². The molecule has 0 aromatic rings. The van der Waals surface area contributed by atoms with Crippen LogP contribution in [-0.4, -0.2) is 11.8 Å². The van der Waals surface area contributed by atoms with Crippen molar-refractivity contribution in [1.82, 2.24) is 0 Å². The van der Waals surface area contributed by atoms with Gasteiger partial charge in [0, 0.05) is 0 Å². The van der Waals surface area contributed by atoms with Crippen LogP contribution in [0.25, 0.3) is 0 Å². The summed E-state index contributed by atoms with van der Waals surface area (Å²) in [5.41, 5.74) is -5.54. The van der Waals surface area contributed by atoms with E-state index in [0.29, 0.717) is 0 Å². The molecule has 0 unspecified atom stereocenters. The molecule has 0 spiro atoms. The minimum Gasteiger partial charge on any atom is -0.282 e. The third-order valence-corrected chi connectivity index (χ3v) is 2.85. The summed E-state index contributed by atoms with van der Waals surface area (Å²) in [6.07, 6.45) is -5.98. The van der Waals surface area contributed by atoms with Gasteiger partial charge in [-0.3, -0.25) is 4.57 Å². The fourth-order valence-corrected chi connectivity index (χ4v) is 1.02. The van der Waals surface area contributed by atoms with E-state index in [4.69, 9.17) is 0 Å². The van der Waals surface area contributed by atoms with Crippen LogP contribution in [0.15, 0.2) is 0 Å². The van der Waals surface area contributed by atoms with Crippen LogP contribution in [0.1, 0.15) is 0 Å². The van der Waals surface area contributed by atoms with Crippen molar-refractivity contribution >= 4 is 28.3 Å². The minimum absolute atomic E-state index is 4.16. The van der Waals surface area contributed by atoms with Crippen molar-refractivity contribution in [1.29, 1.82) is 0 Å². The Balaban J connectivity index is 4.91. The lowest BCUT2D eigenvalue weighted by Gasteiger charge is -2.19. The molecule has 0 aromatic carbocycles. The fraction of sp³-hybridized carbons (Fsp3) is 1.00. The summed E-state index contributed by atoms with van der Waals surface area (Å²) in [5, 5.41) is 0. The average molecular weight is 237 g/mol. The van der Waals surface area contributed by atoms with E-state index in [-0.39, 0.29) is 0 Å². The van der Waals surface area contributed by atoms with Crippen LogP contribution in [0.5, 0.6) is 0 Å². The first-order valence-electron chi connectivity index (χ1n) is 1.94. The van der Waals surface area contributed by atoms with Crippen molar-refractivity contribution in [3.8, 4) is 0 Å². The predicted molar refractivity (Wildman–Crippen MR) is 30.3 cm³/mol. The van der Waals surface area contributed by atoms with Crippen LogP contribution in [0.3, 0.4) is 0 Å². The highest BCUT2D eigenvalue weighted by molar-refractivity contribution is 8.09. The smallest absolute Gasteiger partial charge is 0.282 e. The highest BCUT2D eigenvalue weighted by Crippen LogP contribution is 2.72. The van der Waals surface area contributed by atoms with Crippen LogP contribution in [0.2, 0.25) is 0 Å². The number of hydrogen-bond acceptors (Lipinski definition) is 1. The monoisotopic (exact) mass is 236 g/mol. The summed E-state index contributed by atoms with van der Waals surface area (Å²) < 4.78 is 67.2. The molecule has 11 heavy (non-hydrogen) atoms. The Morgan fingerprint density at radius 3 is 1.27 bits per heavy atom. The Kier molecular flexibility index (Phi) is 2.86. The first-order chi connectivity index (χ1) is 4.50. The van der Waals surface area contributed by atoms with Gasteiger partial charge in [0.1, 0.15) is 0 Å². The fourth-order valence-electron chi connectivity index (χ4n) is 0.148. The minimum atomic E-state index is -5.98. The number of rotatable bonds is 1. The molecule has 0 aliphatic rings. The van der Waals surface area contributed by atoms with Crippen molar-refractivity contribution in [2.75, 3.05) is 0 Å². The molecule has 0 radical (unpaired) electrons. The maximum absolute atomic E-state index is 11.8. The van der Waals surface area contributed by atoms with E-state index in [9.17, 15) is 26.5 Å². The molecule has 0 saturated heterocycles. The average Bonchev–Trinajstić information content (AvgIpc) is 1.58. The van der Waals surface area contributed by atoms with Gasteiger partial charge >= 0.3 is 17.7 Å². The molecule has 0 saturated carbocycles. The predicted octanol–water partition coefficient (Wildman–Crippen LogP) is 3.81. The molecular weight excluding hydrogens is 237 g/mol. The maximum Gasteiger partial charge on any atom is 0.463 e. The third kappa shape index (κ3) is 2.20. The molecule has 0 N–H and O–H groups in total. The van der Waals surface area contributed by atoms with Gasteiger partial charge in [-0.05, 0) is 22.5 Å². The molecule has 0 aliphatic carbocycles. The van der Waals surface area contributed by atoms with E-state index >= 15 is 0 Å². The van der Waals surface area contributed by atoms with E-state index in [1.54, 1.807) is 0 Å². The molecule has 0 fully saturated rings. The molecule has 9 heteroatoms. The van der Waals surface area contributed by atoms with E-state index in [1.807, 2.05) is 0 Å². The van der Waals surface area contributed by atoms with Gasteiger partial charge < -0.3 is 0 Å². The summed E-state index contributed by atoms with van der Waals surface area (Å²) in [6.45, 7) is 0. The molecular formula is C2Cl2F5OP. The second-order valence-corrected chi connectivity index (χ2v) is 6.36. The highest BCUT2D eigenvalue weighted by Gasteiger charge is 2.68. The highest BCUT2D eigenvalue weighted by atomic mass is 35.9. The van der Waals surface area contributed by atoms with Gasteiger partial charge in [-0.15, -0.1) is 0 Å². The first kappa shape index (κ1) is 11.5. The van der Waals surface area contributed by atoms with Gasteiger partial charge in [-0.2, -0.15) is 22.0 Å². The largest absolute Gasteiger partial charge is 0.463 e. The van der Waals surface area contributed by atoms with Gasteiger partial charge in [-0.1, -0.05) is 0 Å². The number of alkyl halides is 5. The second-order valence-electron chi connectivity index (χ2n) is 1.50. The Morgan fingerprint density at radius 2 is 1.27 bits per heavy atom. The first-order valence-corrected chi connectivity index (χ1v) is 5.46. The third-order valence-electron chi connectivity index (χ3n) is 0.668. The summed E-state index contributed by atoms with van der Waals surface area (Å²) in [5.74, 6) is -5.50. The molecule has 1 nitrogen and oxygen atoms in total. The molecule has 0 rings (SSSR count). The normalized spacial score (nSPS) is 15.2. The van der Waals surface area contributed by atoms with Crippen LogP contribution in [0.4, 0.5) is 22.0 Å². The number of halogens is 7. The standard InChI is InChI=1S/C2Cl2F5OP/c3-11(4,10)2(8,9)1(5,6)7.